The zero-order valence-corrected chi connectivity index (χ0v) is 24.6. The van der Waals surface area contributed by atoms with E-state index in [0.29, 0.717) is 0 Å². The Morgan fingerprint density at radius 2 is 1.51 bits per heavy atom. The van der Waals surface area contributed by atoms with E-state index in [1.54, 1.807) is 0 Å². The van der Waals surface area contributed by atoms with Gasteiger partial charge in [-0.25, -0.2) is 9.50 Å². The fourth-order valence-corrected chi connectivity index (χ4v) is 6.15. The molecule has 0 atom stereocenters. The number of benzene rings is 3. The van der Waals surface area contributed by atoms with Gasteiger partial charge in [-0.15, -0.1) is 12.6 Å². The van der Waals surface area contributed by atoms with Gasteiger partial charge in [-0.1, -0.05) is 88.7 Å². The van der Waals surface area contributed by atoms with Crippen LogP contribution in [0.1, 0.15) is 52.5 Å². The second kappa shape index (κ2) is 11.9. The van der Waals surface area contributed by atoms with Crippen LogP contribution in [0.5, 0.6) is 0 Å². The number of likely N-dealkylation sites (tertiary alicyclic amines) is 1. The summed E-state index contributed by atoms with van der Waals surface area (Å²) in [7, 11) is 0. The van der Waals surface area contributed by atoms with Crippen molar-refractivity contribution in [1.29, 1.82) is 0 Å². The van der Waals surface area contributed by atoms with Gasteiger partial charge in [-0.05, 0) is 71.3 Å². The molecule has 1 aliphatic heterocycles. The van der Waals surface area contributed by atoms with Crippen LogP contribution in [0.4, 0.5) is 0 Å². The van der Waals surface area contributed by atoms with Crippen LogP contribution in [-0.4, -0.2) is 39.1 Å². The summed E-state index contributed by atoms with van der Waals surface area (Å²) in [5.41, 5.74) is 6.89. The molecule has 5 heteroatoms. The van der Waals surface area contributed by atoms with Gasteiger partial charge in [-0.2, -0.15) is 5.10 Å². The quantitative estimate of drug-likeness (QED) is 0.221. The Kier molecular flexibility index (Phi) is 8.39. The largest absolute Gasteiger partial charge is 0.303 e. The lowest BCUT2D eigenvalue weighted by Gasteiger charge is -2.35. The van der Waals surface area contributed by atoms with Gasteiger partial charge in [0.2, 0.25) is 0 Å². The first kappa shape index (κ1) is 27.4. The molecule has 5 aromatic rings. The molecule has 2 aromatic heterocycles. The van der Waals surface area contributed by atoms with Crippen molar-refractivity contribution in [2.24, 2.45) is 5.41 Å². The lowest BCUT2D eigenvalue weighted by Crippen LogP contribution is -2.38. The highest BCUT2D eigenvalue weighted by molar-refractivity contribution is 7.80. The van der Waals surface area contributed by atoms with E-state index in [1.807, 2.05) is 42.9 Å². The fraction of sp³-hybridized carbons (Fsp3) is 0.353. The number of rotatable bonds is 6. The molecule has 4 nitrogen and oxygen atoms in total. The van der Waals surface area contributed by atoms with E-state index in [9.17, 15) is 0 Å². The summed E-state index contributed by atoms with van der Waals surface area (Å²) in [4.78, 5) is 8.47. The van der Waals surface area contributed by atoms with E-state index in [4.69, 9.17) is 4.98 Å². The lowest BCUT2D eigenvalue weighted by molar-refractivity contribution is 0.152. The molecule has 1 saturated heterocycles. The van der Waals surface area contributed by atoms with Gasteiger partial charge < -0.3 is 4.90 Å². The summed E-state index contributed by atoms with van der Waals surface area (Å²) in [5.74, 6) is 0. The number of nitrogens with zero attached hydrogens (tertiary/aromatic N) is 4. The fourth-order valence-electron chi connectivity index (χ4n) is 5.88. The third-order valence-electron chi connectivity index (χ3n) is 7.62. The highest BCUT2D eigenvalue weighted by atomic mass is 32.1. The van der Waals surface area contributed by atoms with Crippen molar-refractivity contribution in [2.75, 3.05) is 19.6 Å². The number of aromatic nitrogens is 3. The molecule has 0 bridgehead atoms. The van der Waals surface area contributed by atoms with Crippen LogP contribution in [0.25, 0.3) is 38.7 Å². The first-order valence-corrected chi connectivity index (χ1v) is 14.8. The molecule has 0 spiro atoms. The van der Waals surface area contributed by atoms with Crippen molar-refractivity contribution in [3.05, 3.63) is 84.8 Å². The monoisotopic (exact) mass is 536 g/mol. The molecule has 3 aromatic carbocycles. The molecule has 3 heterocycles. The first-order chi connectivity index (χ1) is 19.0. The Morgan fingerprint density at radius 1 is 0.795 bits per heavy atom. The Morgan fingerprint density at radius 3 is 2.26 bits per heavy atom. The average molecular weight is 537 g/mol. The van der Waals surface area contributed by atoms with Crippen LogP contribution >= 0.6 is 12.6 Å². The van der Waals surface area contributed by atoms with Crippen molar-refractivity contribution < 1.29 is 0 Å². The van der Waals surface area contributed by atoms with Crippen LogP contribution in [0.15, 0.2) is 84.1 Å². The maximum Gasteiger partial charge on any atom is 0.162 e. The molecule has 39 heavy (non-hydrogen) atoms. The topological polar surface area (TPSA) is 33.4 Å². The minimum atomic E-state index is 0.264. The van der Waals surface area contributed by atoms with E-state index < -0.39 is 0 Å². The highest BCUT2D eigenvalue weighted by Gasteiger charge is 2.23. The van der Waals surface area contributed by atoms with Crippen LogP contribution < -0.4 is 0 Å². The van der Waals surface area contributed by atoms with E-state index >= 15 is 0 Å². The zero-order chi connectivity index (χ0) is 27.4. The average Bonchev–Trinajstić information content (AvgIpc) is 3.38. The maximum atomic E-state index is 4.85. The standard InChI is InChI=1S/C32H34N4S.C2H6/c1-32(2,22-35-16-6-3-7-17-35)18-23-10-12-24(13-11-23)25-19-33-31-29(20-34-36(31)21-25)27-14-15-30(37)28-9-5-4-8-26(27)28;1-2/h4-5,8-15,19-21,37H,3,6-7,16-18,22H2,1-2H3;1-2H3. The second-order valence-corrected chi connectivity index (χ2v) is 11.7. The molecule has 0 amide bonds. The van der Waals surface area contributed by atoms with Gasteiger partial charge in [0.25, 0.3) is 0 Å². The number of thiol groups is 1. The molecule has 0 radical (unpaired) electrons. The molecule has 202 valence electrons. The Hall–Kier alpha value is -3.15. The third-order valence-corrected chi connectivity index (χ3v) is 8.01. The minimum absolute atomic E-state index is 0.264. The smallest absolute Gasteiger partial charge is 0.162 e. The maximum absolute atomic E-state index is 4.85. The van der Waals surface area contributed by atoms with E-state index in [-0.39, 0.29) is 5.41 Å². The van der Waals surface area contributed by atoms with Crippen LogP contribution in [-0.2, 0) is 6.42 Å². The van der Waals surface area contributed by atoms with E-state index in [1.165, 1.54) is 44.5 Å². The molecule has 0 aliphatic carbocycles. The van der Waals surface area contributed by atoms with Crippen molar-refractivity contribution in [3.63, 3.8) is 0 Å². The third kappa shape index (κ3) is 6.05. The van der Waals surface area contributed by atoms with Crippen LogP contribution in [0.3, 0.4) is 0 Å². The molecule has 0 unspecified atom stereocenters. The Balaban J connectivity index is 0.00000151. The Bertz CT molecular complexity index is 1550. The van der Waals surface area contributed by atoms with Gasteiger partial charge in [0.05, 0.1) is 6.20 Å². The summed E-state index contributed by atoms with van der Waals surface area (Å²) in [6.07, 6.45) is 11.1. The SMILES string of the molecule is CC.CC(C)(Cc1ccc(-c2cnc3c(-c4ccc(S)c5ccccc45)cnn3c2)cc1)CN1CCCCC1. The molecule has 0 saturated carbocycles. The number of hydrogen-bond donors (Lipinski definition) is 1. The molecule has 1 fully saturated rings. The minimum Gasteiger partial charge on any atom is -0.303 e. The van der Waals surface area contributed by atoms with Crippen LogP contribution in [0, 0.1) is 5.41 Å². The molecular formula is C34H40N4S. The van der Waals surface area contributed by atoms with Gasteiger partial charge in [0.1, 0.15) is 0 Å². The normalized spacial score (nSPS) is 14.4. The van der Waals surface area contributed by atoms with Crippen molar-refractivity contribution in [1.82, 2.24) is 19.5 Å². The summed E-state index contributed by atoms with van der Waals surface area (Å²) in [6, 6.07) is 21.5. The van der Waals surface area contributed by atoms with E-state index in [2.05, 4.69) is 91.2 Å². The van der Waals surface area contributed by atoms with Gasteiger partial charge in [0, 0.05) is 35.0 Å². The molecule has 0 N–H and O–H groups in total. The molecule has 1 aliphatic rings. The van der Waals surface area contributed by atoms with Crippen molar-refractivity contribution >= 4 is 29.0 Å². The van der Waals surface area contributed by atoms with Crippen LogP contribution in [0.2, 0.25) is 0 Å². The lowest BCUT2D eigenvalue weighted by atomic mass is 9.84. The summed E-state index contributed by atoms with van der Waals surface area (Å²) >= 11 is 4.64. The summed E-state index contributed by atoms with van der Waals surface area (Å²) in [6.45, 7) is 12.5. The summed E-state index contributed by atoms with van der Waals surface area (Å²) < 4.78 is 1.89. The molecule has 6 rings (SSSR count). The van der Waals surface area contributed by atoms with Crippen molar-refractivity contribution in [2.45, 2.75) is 58.3 Å². The number of piperidine rings is 1. The van der Waals surface area contributed by atoms with Gasteiger partial charge >= 0.3 is 0 Å². The van der Waals surface area contributed by atoms with Gasteiger partial charge in [-0.3, -0.25) is 0 Å². The van der Waals surface area contributed by atoms with E-state index in [0.717, 1.165) is 50.0 Å². The number of hydrogen-bond acceptors (Lipinski definition) is 4. The Labute approximate surface area is 238 Å². The molecular weight excluding hydrogens is 496 g/mol. The zero-order valence-electron chi connectivity index (χ0n) is 23.7. The highest BCUT2D eigenvalue weighted by Crippen LogP contribution is 2.34. The van der Waals surface area contributed by atoms with Gasteiger partial charge in [0.15, 0.2) is 5.65 Å². The predicted octanol–water partition coefficient (Wildman–Crippen LogP) is 8.59. The second-order valence-electron chi connectivity index (χ2n) is 11.2. The van der Waals surface area contributed by atoms with Crippen molar-refractivity contribution in [3.8, 4) is 22.3 Å². The predicted molar refractivity (Wildman–Crippen MR) is 168 cm³/mol. The number of fused-ring (bicyclic) bond motifs is 2. The summed E-state index contributed by atoms with van der Waals surface area (Å²) in [5, 5.41) is 6.96. The first-order valence-electron chi connectivity index (χ1n) is 14.3.